The number of fused-ring (bicyclic) bond motifs is 7. The maximum Gasteiger partial charge on any atom is 0.334 e. The maximum absolute atomic E-state index is 4.60. The Morgan fingerprint density at radius 2 is 1.11 bits per heavy atom. The molecule has 0 bridgehead atoms. The molecule has 0 spiro atoms. The summed E-state index contributed by atoms with van der Waals surface area (Å²) in [7, 11) is 0. The largest absolute Gasteiger partial charge is 0.334 e. The van der Waals surface area contributed by atoms with E-state index in [1.165, 1.54) is 17.8 Å². The molecule has 5 heterocycles. The van der Waals surface area contributed by atoms with E-state index in [0.717, 1.165) is 22.1 Å². The number of pyridine rings is 4. The molecule has 0 N–H and O–H groups in total. The van der Waals surface area contributed by atoms with Crippen LogP contribution in [0.1, 0.15) is 55.6 Å². The molecule has 0 fully saturated rings. The molecule has 0 saturated heterocycles. The summed E-state index contributed by atoms with van der Waals surface area (Å²) in [5.41, 5.74) is 4.40. The van der Waals surface area contributed by atoms with Crippen LogP contribution in [0.2, 0.25) is 0 Å². The zero-order chi connectivity index (χ0) is 17.4. The van der Waals surface area contributed by atoms with Gasteiger partial charge in [0, 0.05) is 6.92 Å². The minimum Gasteiger partial charge on any atom is -0.179 e. The van der Waals surface area contributed by atoms with Crippen LogP contribution in [0.25, 0.3) is 33.5 Å². The molecule has 1 aliphatic rings. The quantitative estimate of drug-likeness (QED) is 0.366. The molecular formula is C24H34N4+2. The van der Waals surface area contributed by atoms with Gasteiger partial charge in [-0.05, 0) is 58.5 Å². The average molecular weight is 379 g/mol. The Morgan fingerprint density at radius 3 is 1.50 bits per heavy atom. The van der Waals surface area contributed by atoms with Gasteiger partial charge in [-0.2, -0.15) is 9.13 Å². The van der Waals surface area contributed by atoms with Crippen molar-refractivity contribution in [2.75, 3.05) is 0 Å². The molecule has 4 heteroatoms. The van der Waals surface area contributed by atoms with Gasteiger partial charge in [-0.15, -0.1) is 0 Å². The van der Waals surface area contributed by atoms with Crippen LogP contribution in [0.3, 0.4) is 0 Å². The predicted molar refractivity (Wildman–Crippen MR) is 119 cm³/mol. The molecule has 0 atom stereocenters. The van der Waals surface area contributed by atoms with Crippen LogP contribution in [-0.2, 0) is 0 Å². The van der Waals surface area contributed by atoms with Crippen molar-refractivity contribution in [2.24, 2.45) is 0 Å². The highest BCUT2D eigenvalue weighted by Gasteiger charge is 2.37. The van der Waals surface area contributed by atoms with E-state index in [2.05, 4.69) is 76.3 Å². The van der Waals surface area contributed by atoms with Gasteiger partial charge in [0.1, 0.15) is 12.4 Å². The summed E-state index contributed by atoms with van der Waals surface area (Å²) in [6.45, 7) is 6.45. The first kappa shape index (κ1) is 23.2. The van der Waals surface area contributed by atoms with Gasteiger partial charge in [0.05, 0.1) is 10.8 Å². The summed E-state index contributed by atoms with van der Waals surface area (Å²) in [5.74, 6) is 0. The highest BCUT2D eigenvalue weighted by atomic mass is 15.3. The zero-order valence-electron chi connectivity index (χ0n) is 14.8. The molecule has 4 aromatic rings. The van der Waals surface area contributed by atoms with Crippen LogP contribution in [0.4, 0.5) is 0 Å². The second-order valence-corrected chi connectivity index (χ2v) is 6.35. The van der Waals surface area contributed by atoms with Gasteiger partial charge in [0.25, 0.3) is 0 Å². The summed E-state index contributed by atoms with van der Waals surface area (Å²) in [6, 6.07) is 16.8. The molecule has 0 unspecified atom stereocenters. The number of rotatable bonds is 0. The lowest BCUT2D eigenvalue weighted by Gasteiger charge is -2.04. The van der Waals surface area contributed by atoms with Crippen LogP contribution >= 0.6 is 0 Å². The molecule has 0 aliphatic carbocycles. The van der Waals surface area contributed by atoms with E-state index in [9.17, 15) is 0 Å². The van der Waals surface area contributed by atoms with E-state index in [0.29, 0.717) is 0 Å². The molecule has 4 nitrogen and oxygen atoms in total. The molecule has 4 aromatic heterocycles. The average Bonchev–Trinajstić information content (AvgIpc) is 2.96. The monoisotopic (exact) mass is 378 g/mol. The Morgan fingerprint density at radius 1 is 0.714 bits per heavy atom. The van der Waals surface area contributed by atoms with Crippen molar-refractivity contribution < 1.29 is 9.13 Å². The molecular weight excluding hydrogens is 344 g/mol. The first-order valence-corrected chi connectivity index (χ1v) is 8.85. The first-order valence-electron chi connectivity index (χ1n) is 8.85. The van der Waals surface area contributed by atoms with Crippen molar-refractivity contribution in [3.05, 3.63) is 60.9 Å². The summed E-state index contributed by atoms with van der Waals surface area (Å²) in [5, 5.41) is 2.31. The first-order chi connectivity index (χ1) is 12.3. The normalized spacial score (nSPS) is 11.2. The second kappa shape index (κ2) is 9.36. The molecule has 5 rings (SSSR count). The van der Waals surface area contributed by atoms with E-state index >= 15 is 0 Å². The summed E-state index contributed by atoms with van der Waals surface area (Å²) in [4.78, 5) is 9.19. The Kier molecular flexibility index (Phi) is 7.74. The van der Waals surface area contributed by atoms with Gasteiger partial charge in [0.15, 0.2) is 11.4 Å². The third-order valence-electron chi connectivity index (χ3n) is 4.46. The summed E-state index contributed by atoms with van der Waals surface area (Å²) < 4.78 is 4.58. The van der Waals surface area contributed by atoms with Crippen LogP contribution < -0.4 is 9.13 Å². The van der Waals surface area contributed by atoms with E-state index in [4.69, 9.17) is 0 Å². The highest BCUT2D eigenvalue weighted by Crippen LogP contribution is 2.25. The van der Waals surface area contributed by atoms with Gasteiger partial charge < -0.3 is 0 Å². The van der Waals surface area contributed by atoms with Gasteiger partial charge >= 0.3 is 11.3 Å². The van der Waals surface area contributed by atoms with Crippen molar-refractivity contribution >= 4 is 22.1 Å². The zero-order valence-corrected chi connectivity index (χ0v) is 14.8. The van der Waals surface area contributed by atoms with Crippen molar-refractivity contribution in [2.45, 2.75) is 55.6 Å². The number of aromatic nitrogens is 4. The fourth-order valence-electron chi connectivity index (χ4n) is 3.50. The van der Waals surface area contributed by atoms with Crippen LogP contribution in [0.5, 0.6) is 0 Å². The molecule has 148 valence electrons. The maximum atomic E-state index is 4.60. The van der Waals surface area contributed by atoms with Gasteiger partial charge in [-0.25, -0.2) is 0 Å². The lowest BCUT2D eigenvalue weighted by Crippen LogP contribution is -2.51. The lowest BCUT2D eigenvalue weighted by molar-refractivity contribution is -0.885. The fourth-order valence-corrected chi connectivity index (χ4v) is 3.50. The Balaban J connectivity index is 0.000000618. The Bertz CT molecular complexity index is 987. The van der Waals surface area contributed by atoms with Crippen molar-refractivity contribution in [1.29, 1.82) is 0 Å². The van der Waals surface area contributed by atoms with E-state index < -0.39 is 0 Å². The number of nitrogens with zero attached hydrogens (tertiary/aromatic N) is 4. The fraction of sp³-hybridized carbons (Fsp3) is 0.333. The van der Waals surface area contributed by atoms with Crippen molar-refractivity contribution in [3.63, 3.8) is 0 Å². The Labute approximate surface area is 169 Å². The van der Waals surface area contributed by atoms with Gasteiger partial charge in [-0.3, -0.25) is 0 Å². The molecule has 28 heavy (non-hydrogen) atoms. The van der Waals surface area contributed by atoms with Crippen LogP contribution in [0.15, 0.2) is 60.9 Å². The van der Waals surface area contributed by atoms with Gasteiger partial charge in [-0.1, -0.05) is 42.5 Å². The summed E-state index contributed by atoms with van der Waals surface area (Å²) in [6.07, 6.45) is 5.11. The van der Waals surface area contributed by atoms with Gasteiger partial charge in [0.2, 0.25) is 6.17 Å². The SMILES string of the molecule is C.C.C.CC1[n+]2c(ccc3cccnc32)-c2ccc3cccnc3[n+]21.CCC. The predicted octanol–water partition coefficient (Wildman–Crippen LogP) is 5.73. The van der Waals surface area contributed by atoms with Crippen LogP contribution in [-0.4, -0.2) is 9.97 Å². The topological polar surface area (TPSA) is 33.5 Å². The molecule has 1 aliphatic heterocycles. The lowest BCUT2D eigenvalue weighted by atomic mass is 10.2. The van der Waals surface area contributed by atoms with E-state index in [1.807, 2.05) is 24.5 Å². The van der Waals surface area contributed by atoms with Crippen molar-refractivity contribution in [1.82, 2.24) is 9.97 Å². The van der Waals surface area contributed by atoms with E-state index in [-0.39, 0.29) is 28.4 Å². The molecule has 0 radical (unpaired) electrons. The summed E-state index contributed by atoms with van der Waals surface area (Å²) >= 11 is 0. The minimum atomic E-state index is 0. The number of hydrogen-bond acceptors (Lipinski definition) is 2. The second-order valence-electron chi connectivity index (χ2n) is 6.35. The third kappa shape index (κ3) is 3.47. The third-order valence-corrected chi connectivity index (χ3v) is 4.46. The molecule has 0 amide bonds. The molecule has 0 saturated carbocycles. The van der Waals surface area contributed by atoms with Crippen molar-refractivity contribution in [3.8, 4) is 11.4 Å². The standard InChI is InChI=1S/C18H14N4.C3H8.3CH4/c1-12-21-15(8-6-13-4-2-10-19-17(13)21)16-9-7-14-5-3-11-20-18(14)22(12)16;1-3-2;;;/h2-12H,1H3;3H2,1-2H3;3*1H4/q+2;;;;. The Hall–Kier alpha value is -2.88. The van der Waals surface area contributed by atoms with E-state index in [1.54, 1.807) is 0 Å². The molecule has 0 aromatic carbocycles. The number of hydrogen-bond donors (Lipinski definition) is 0. The smallest absolute Gasteiger partial charge is 0.179 e. The van der Waals surface area contributed by atoms with Crippen LogP contribution in [0, 0.1) is 0 Å². The minimum absolute atomic E-state index is 0. The highest BCUT2D eigenvalue weighted by molar-refractivity contribution is 5.76.